The molecule has 0 aromatic rings. The minimum absolute atomic E-state index is 0.00409. The molecule has 1 amide bonds. The lowest BCUT2D eigenvalue weighted by Gasteiger charge is -2.20. The Balaban J connectivity index is 1.85. The summed E-state index contributed by atoms with van der Waals surface area (Å²) in [6.45, 7) is 2.90. The summed E-state index contributed by atoms with van der Waals surface area (Å²) >= 11 is 0. The number of hydrogen-bond acceptors (Lipinski definition) is 3. The van der Waals surface area contributed by atoms with Crippen LogP contribution in [0.4, 0.5) is 0 Å². The summed E-state index contributed by atoms with van der Waals surface area (Å²) < 4.78 is 11.1. The Hall–Kier alpha value is -0.420. The lowest BCUT2D eigenvalue weighted by molar-refractivity contribution is -0.124. The highest BCUT2D eigenvalue weighted by Gasteiger charge is 2.42. The molecule has 1 saturated heterocycles. The molecular formula is C12H22N2O2S. The van der Waals surface area contributed by atoms with Crippen molar-refractivity contribution in [2.75, 3.05) is 18.6 Å². The van der Waals surface area contributed by atoms with Crippen molar-refractivity contribution < 1.29 is 9.00 Å². The predicted octanol–water partition coefficient (Wildman–Crippen LogP) is 0.258. The van der Waals surface area contributed by atoms with E-state index in [1.807, 2.05) is 6.92 Å². The van der Waals surface area contributed by atoms with Crippen LogP contribution in [0.1, 0.15) is 26.2 Å². The van der Waals surface area contributed by atoms with E-state index in [1.54, 1.807) is 6.26 Å². The van der Waals surface area contributed by atoms with Gasteiger partial charge in [0.05, 0.1) is 6.04 Å². The molecule has 5 heteroatoms. The Morgan fingerprint density at radius 2 is 2.29 bits per heavy atom. The summed E-state index contributed by atoms with van der Waals surface area (Å²) in [6.07, 6.45) is 5.36. The maximum atomic E-state index is 12.1. The summed E-state index contributed by atoms with van der Waals surface area (Å²) in [5, 5.41) is 6.30. The maximum Gasteiger partial charge on any atom is 0.237 e. The quantitative estimate of drug-likeness (QED) is 0.760. The molecule has 5 atom stereocenters. The van der Waals surface area contributed by atoms with E-state index < -0.39 is 10.8 Å². The van der Waals surface area contributed by atoms with Crippen molar-refractivity contribution in [1.29, 1.82) is 0 Å². The van der Waals surface area contributed by atoms with Gasteiger partial charge in [-0.3, -0.25) is 9.00 Å². The average Bonchev–Trinajstić information content (AvgIpc) is 2.74. The smallest absolute Gasteiger partial charge is 0.237 e. The fraction of sp³-hybridized carbons (Fsp3) is 0.917. The van der Waals surface area contributed by atoms with E-state index in [0.29, 0.717) is 17.6 Å². The molecule has 1 aliphatic heterocycles. The molecule has 1 heterocycles. The Morgan fingerprint density at radius 3 is 3.00 bits per heavy atom. The molecule has 0 bridgehead atoms. The molecule has 98 valence electrons. The van der Waals surface area contributed by atoms with E-state index in [0.717, 1.165) is 6.54 Å². The fourth-order valence-electron chi connectivity index (χ4n) is 3.20. The van der Waals surface area contributed by atoms with Crippen LogP contribution in [-0.2, 0) is 15.6 Å². The van der Waals surface area contributed by atoms with Gasteiger partial charge in [-0.05, 0) is 38.1 Å². The van der Waals surface area contributed by atoms with Crippen molar-refractivity contribution in [3.05, 3.63) is 0 Å². The van der Waals surface area contributed by atoms with Crippen LogP contribution in [-0.4, -0.2) is 40.8 Å². The zero-order valence-corrected chi connectivity index (χ0v) is 11.4. The minimum atomic E-state index is -0.854. The first-order valence-corrected chi connectivity index (χ1v) is 8.14. The highest BCUT2D eigenvalue weighted by Crippen LogP contribution is 2.37. The van der Waals surface area contributed by atoms with Gasteiger partial charge in [0.1, 0.15) is 0 Å². The van der Waals surface area contributed by atoms with E-state index in [-0.39, 0.29) is 18.0 Å². The van der Waals surface area contributed by atoms with E-state index >= 15 is 0 Å². The second-order valence-corrected chi connectivity index (χ2v) is 6.87. The van der Waals surface area contributed by atoms with Gasteiger partial charge in [-0.15, -0.1) is 0 Å². The Kier molecular flexibility index (Phi) is 4.20. The fourth-order valence-corrected chi connectivity index (χ4v) is 3.99. The minimum Gasteiger partial charge on any atom is -0.351 e. The van der Waals surface area contributed by atoms with Crippen molar-refractivity contribution in [2.45, 2.75) is 38.3 Å². The number of nitrogens with one attached hydrogen (secondary N) is 2. The number of hydrogen-bond donors (Lipinski definition) is 2. The summed E-state index contributed by atoms with van der Waals surface area (Å²) in [5.74, 6) is 1.85. The molecule has 2 fully saturated rings. The highest BCUT2D eigenvalue weighted by molar-refractivity contribution is 7.84. The van der Waals surface area contributed by atoms with Gasteiger partial charge >= 0.3 is 0 Å². The van der Waals surface area contributed by atoms with Crippen molar-refractivity contribution >= 4 is 16.7 Å². The number of carbonyl (C=O) groups excluding carboxylic acids is 1. The van der Waals surface area contributed by atoms with E-state index in [4.69, 9.17) is 0 Å². The van der Waals surface area contributed by atoms with Crippen LogP contribution >= 0.6 is 0 Å². The van der Waals surface area contributed by atoms with Gasteiger partial charge in [0.2, 0.25) is 5.91 Å². The molecule has 4 nitrogen and oxygen atoms in total. The summed E-state index contributed by atoms with van der Waals surface area (Å²) in [7, 11) is -0.854. The monoisotopic (exact) mass is 258 g/mol. The molecule has 1 saturated carbocycles. The van der Waals surface area contributed by atoms with Gasteiger partial charge < -0.3 is 10.6 Å². The zero-order chi connectivity index (χ0) is 12.4. The number of amides is 1. The van der Waals surface area contributed by atoms with E-state index in [2.05, 4.69) is 10.6 Å². The van der Waals surface area contributed by atoms with Crippen LogP contribution in [0.5, 0.6) is 0 Å². The van der Waals surface area contributed by atoms with Crippen LogP contribution in [0.2, 0.25) is 0 Å². The van der Waals surface area contributed by atoms with Crippen LogP contribution in [0.25, 0.3) is 0 Å². The molecule has 0 aromatic heterocycles. The molecule has 0 spiro atoms. The second-order valence-electron chi connectivity index (χ2n) is 5.39. The van der Waals surface area contributed by atoms with Crippen LogP contribution in [0, 0.1) is 11.8 Å². The summed E-state index contributed by atoms with van der Waals surface area (Å²) in [5.41, 5.74) is 0. The van der Waals surface area contributed by atoms with Crippen molar-refractivity contribution in [3.8, 4) is 0 Å². The van der Waals surface area contributed by atoms with Crippen LogP contribution in [0.15, 0.2) is 0 Å². The van der Waals surface area contributed by atoms with Crippen molar-refractivity contribution in [1.82, 2.24) is 10.6 Å². The molecule has 1 aliphatic carbocycles. The molecule has 17 heavy (non-hydrogen) atoms. The third kappa shape index (κ3) is 3.07. The molecule has 2 N–H and O–H groups in total. The van der Waals surface area contributed by atoms with Crippen LogP contribution < -0.4 is 10.6 Å². The van der Waals surface area contributed by atoms with E-state index in [9.17, 15) is 9.00 Å². The van der Waals surface area contributed by atoms with Crippen molar-refractivity contribution in [2.24, 2.45) is 11.8 Å². The molecule has 2 aliphatic rings. The first-order valence-electron chi connectivity index (χ1n) is 6.41. The molecular weight excluding hydrogens is 236 g/mol. The molecule has 5 unspecified atom stereocenters. The van der Waals surface area contributed by atoms with Crippen molar-refractivity contribution in [3.63, 3.8) is 0 Å². The second kappa shape index (κ2) is 5.48. The number of rotatable bonds is 4. The van der Waals surface area contributed by atoms with Gasteiger partial charge in [0.25, 0.3) is 0 Å². The molecule has 2 rings (SSSR count). The number of carbonyl (C=O) groups is 1. The largest absolute Gasteiger partial charge is 0.351 e. The van der Waals surface area contributed by atoms with Gasteiger partial charge in [-0.25, -0.2) is 0 Å². The maximum absolute atomic E-state index is 12.1. The van der Waals surface area contributed by atoms with Crippen LogP contribution in [0.3, 0.4) is 0 Å². The Morgan fingerprint density at radius 1 is 1.53 bits per heavy atom. The average molecular weight is 258 g/mol. The first-order chi connectivity index (χ1) is 8.08. The SMILES string of the molecule is CC(CS(C)=O)NC(=O)C1NCC2CCCC21. The predicted molar refractivity (Wildman–Crippen MR) is 69.2 cm³/mol. The lowest BCUT2D eigenvalue weighted by atomic mass is 9.93. The standard InChI is InChI=1S/C12H22N2O2S/c1-8(7-17(2)16)14-12(15)11-10-5-3-4-9(10)6-13-11/h8-11,13H,3-7H2,1-2H3,(H,14,15). The molecule has 0 radical (unpaired) electrons. The van der Waals surface area contributed by atoms with Gasteiger partial charge in [0, 0.05) is 28.9 Å². The topological polar surface area (TPSA) is 58.2 Å². The third-order valence-electron chi connectivity index (χ3n) is 3.90. The first kappa shape index (κ1) is 13.0. The third-order valence-corrected chi connectivity index (χ3v) is 4.87. The summed E-state index contributed by atoms with van der Waals surface area (Å²) in [6, 6.07) is -0.0224. The molecule has 0 aromatic carbocycles. The van der Waals surface area contributed by atoms with Gasteiger partial charge in [-0.1, -0.05) is 6.42 Å². The van der Waals surface area contributed by atoms with E-state index in [1.165, 1.54) is 19.3 Å². The highest BCUT2D eigenvalue weighted by atomic mass is 32.2. The Labute approximate surface area is 105 Å². The summed E-state index contributed by atoms with van der Waals surface area (Å²) in [4.78, 5) is 12.1. The zero-order valence-electron chi connectivity index (χ0n) is 10.6. The lowest BCUT2D eigenvalue weighted by Crippen LogP contribution is -2.48. The normalized spacial score (nSPS) is 35.3. The number of fused-ring (bicyclic) bond motifs is 1. The van der Waals surface area contributed by atoms with Gasteiger partial charge in [0.15, 0.2) is 0 Å². The Bertz CT molecular complexity index is 322. The van der Waals surface area contributed by atoms with Gasteiger partial charge in [-0.2, -0.15) is 0 Å².